The first-order valence-corrected chi connectivity index (χ1v) is 7.06. The highest BCUT2D eigenvalue weighted by Crippen LogP contribution is 2.25. The lowest BCUT2D eigenvalue weighted by atomic mass is 10.0. The van der Waals surface area contributed by atoms with Crippen molar-refractivity contribution in [2.75, 3.05) is 26.2 Å². The molecule has 1 saturated heterocycles. The minimum absolute atomic E-state index is 0.159. The number of rotatable bonds is 4. The van der Waals surface area contributed by atoms with Gasteiger partial charge in [-0.25, -0.2) is 8.78 Å². The van der Waals surface area contributed by atoms with Crippen LogP contribution in [0.1, 0.15) is 25.5 Å². The van der Waals surface area contributed by atoms with Crippen LogP contribution in [0.3, 0.4) is 0 Å². The summed E-state index contributed by atoms with van der Waals surface area (Å²) < 4.78 is 26.8. The Hall–Kier alpha value is -1.53. The second-order valence-electron chi connectivity index (χ2n) is 5.43. The van der Waals surface area contributed by atoms with Gasteiger partial charge in [0.05, 0.1) is 0 Å². The fourth-order valence-electron chi connectivity index (χ4n) is 2.71. The van der Waals surface area contributed by atoms with Crippen molar-refractivity contribution < 1.29 is 18.7 Å². The van der Waals surface area contributed by atoms with Gasteiger partial charge < -0.3 is 5.11 Å². The molecule has 116 valence electrons. The van der Waals surface area contributed by atoms with Crippen LogP contribution >= 0.6 is 0 Å². The maximum absolute atomic E-state index is 13.8. The summed E-state index contributed by atoms with van der Waals surface area (Å²) in [7, 11) is 0. The van der Waals surface area contributed by atoms with E-state index in [1.165, 1.54) is 12.1 Å². The van der Waals surface area contributed by atoms with Crippen molar-refractivity contribution >= 4 is 5.97 Å². The lowest BCUT2D eigenvalue weighted by Gasteiger charge is -2.39. The number of carboxylic acids is 1. The second kappa shape index (κ2) is 6.49. The number of halogens is 2. The van der Waals surface area contributed by atoms with E-state index in [-0.39, 0.29) is 6.04 Å². The first-order valence-electron chi connectivity index (χ1n) is 7.06. The summed E-state index contributed by atoms with van der Waals surface area (Å²) in [4.78, 5) is 15.0. The highest BCUT2D eigenvalue weighted by atomic mass is 19.1. The molecule has 2 rings (SSSR count). The highest BCUT2D eigenvalue weighted by Gasteiger charge is 2.28. The second-order valence-corrected chi connectivity index (χ2v) is 5.43. The van der Waals surface area contributed by atoms with E-state index in [4.69, 9.17) is 5.11 Å². The zero-order chi connectivity index (χ0) is 15.6. The van der Waals surface area contributed by atoms with Crippen LogP contribution in [0, 0.1) is 11.6 Å². The first-order chi connectivity index (χ1) is 9.90. The van der Waals surface area contributed by atoms with Gasteiger partial charge >= 0.3 is 5.97 Å². The van der Waals surface area contributed by atoms with Crippen LogP contribution in [0.2, 0.25) is 0 Å². The smallest absolute Gasteiger partial charge is 0.320 e. The Bertz CT molecular complexity index is 516. The van der Waals surface area contributed by atoms with E-state index in [0.29, 0.717) is 31.7 Å². The summed E-state index contributed by atoms with van der Waals surface area (Å²) in [6.07, 6.45) is 0. The average Bonchev–Trinajstić information content (AvgIpc) is 2.46. The number of carboxylic acid groups (broad SMARTS) is 1. The number of hydrogen-bond donors (Lipinski definition) is 1. The Morgan fingerprint density at radius 3 is 2.24 bits per heavy atom. The molecule has 1 aromatic carbocycles. The summed E-state index contributed by atoms with van der Waals surface area (Å²) >= 11 is 0. The number of nitrogens with zero attached hydrogens (tertiary/aromatic N) is 2. The number of piperazine rings is 1. The molecule has 1 aromatic rings. The van der Waals surface area contributed by atoms with Crippen LogP contribution < -0.4 is 0 Å². The van der Waals surface area contributed by atoms with Gasteiger partial charge in [-0.1, -0.05) is 6.07 Å². The van der Waals surface area contributed by atoms with Crippen molar-refractivity contribution in [1.82, 2.24) is 9.80 Å². The van der Waals surface area contributed by atoms with E-state index >= 15 is 0 Å². The Labute approximate surface area is 123 Å². The monoisotopic (exact) mass is 298 g/mol. The van der Waals surface area contributed by atoms with Crippen molar-refractivity contribution in [2.45, 2.75) is 25.9 Å². The van der Waals surface area contributed by atoms with E-state index in [0.717, 1.165) is 6.07 Å². The molecule has 2 atom stereocenters. The third-order valence-electron chi connectivity index (χ3n) is 4.21. The van der Waals surface area contributed by atoms with Gasteiger partial charge in [-0.15, -0.1) is 0 Å². The van der Waals surface area contributed by atoms with Crippen molar-refractivity contribution in [1.29, 1.82) is 0 Å². The molecule has 0 spiro atoms. The fraction of sp³-hybridized carbons (Fsp3) is 0.533. The molecule has 0 aromatic heterocycles. The first kappa shape index (κ1) is 15.9. The molecule has 1 aliphatic heterocycles. The highest BCUT2D eigenvalue weighted by molar-refractivity contribution is 5.72. The quantitative estimate of drug-likeness (QED) is 0.924. The molecule has 0 saturated carbocycles. The van der Waals surface area contributed by atoms with Gasteiger partial charge in [0.2, 0.25) is 0 Å². The van der Waals surface area contributed by atoms with Crippen molar-refractivity contribution in [2.24, 2.45) is 0 Å². The van der Waals surface area contributed by atoms with Crippen LogP contribution in [0.4, 0.5) is 8.78 Å². The van der Waals surface area contributed by atoms with Gasteiger partial charge in [0.25, 0.3) is 0 Å². The Morgan fingerprint density at radius 1 is 1.14 bits per heavy atom. The number of hydrogen-bond acceptors (Lipinski definition) is 3. The predicted molar refractivity (Wildman–Crippen MR) is 75.0 cm³/mol. The molecule has 21 heavy (non-hydrogen) atoms. The van der Waals surface area contributed by atoms with Gasteiger partial charge in [-0.2, -0.15) is 0 Å². The normalized spacial score (nSPS) is 20.2. The number of aliphatic carboxylic acids is 1. The number of carbonyl (C=O) groups is 1. The summed E-state index contributed by atoms with van der Waals surface area (Å²) in [6, 6.07) is 2.96. The average molecular weight is 298 g/mol. The Balaban J connectivity index is 2.00. The van der Waals surface area contributed by atoms with Gasteiger partial charge in [0.1, 0.15) is 17.7 Å². The van der Waals surface area contributed by atoms with Gasteiger partial charge in [-0.05, 0) is 19.9 Å². The Kier molecular flexibility index (Phi) is 4.90. The molecule has 1 fully saturated rings. The maximum Gasteiger partial charge on any atom is 0.320 e. The number of benzene rings is 1. The third kappa shape index (κ3) is 3.57. The molecule has 0 radical (unpaired) electrons. The molecular weight excluding hydrogens is 278 g/mol. The molecule has 1 aliphatic rings. The molecule has 4 nitrogen and oxygen atoms in total. The summed E-state index contributed by atoms with van der Waals surface area (Å²) in [5, 5.41) is 9.01. The van der Waals surface area contributed by atoms with Crippen LogP contribution in [-0.4, -0.2) is 53.1 Å². The summed E-state index contributed by atoms with van der Waals surface area (Å²) in [5.74, 6) is -1.95. The molecule has 0 amide bonds. The summed E-state index contributed by atoms with van der Waals surface area (Å²) in [6.45, 7) is 6.13. The van der Waals surface area contributed by atoms with Gasteiger partial charge in [0.15, 0.2) is 0 Å². The standard InChI is InChI=1S/C15H20F2N2O2/c1-10(13-4-3-12(16)9-14(13)17)18-5-7-19(8-6-18)11(2)15(20)21/h3-4,9-11H,5-8H2,1-2H3,(H,20,21). The zero-order valence-corrected chi connectivity index (χ0v) is 12.2. The van der Waals surface area contributed by atoms with Gasteiger partial charge in [0, 0.05) is 43.9 Å². The maximum atomic E-state index is 13.8. The molecule has 1 heterocycles. The van der Waals surface area contributed by atoms with Crippen molar-refractivity contribution in [3.63, 3.8) is 0 Å². The molecule has 2 unspecified atom stereocenters. The van der Waals surface area contributed by atoms with E-state index < -0.39 is 23.6 Å². The zero-order valence-electron chi connectivity index (χ0n) is 12.2. The molecule has 6 heteroatoms. The van der Waals surface area contributed by atoms with Crippen LogP contribution in [-0.2, 0) is 4.79 Å². The topological polar surface area (TPSA) is 43.8 Å². The lowest BCUT2D eigenvalue weighted by molar-refractivity contribution is -0.143. The van der Waals surface area contributed by atoms with Crippen LogP contribution in [0.15, 0.2) is 18.2 Å². The fourth-order valence-corrected chi connectivity index (χ4v) is 2.71. The SMILES string of the molecule is CC(C(=O)O)N1CCN(C(C)c2ccc(F)cc2F)CC1. The molecule has 1 N–H and O–H groups in total. The van der Waals surface area contributed by atoms with Gasteiger partial charge in [-0.3, -0.25) is 14.6 Å². The van der Waals surface area contributed by atoms with E-state index in [1.807, 2.05) is 11.8 Å². The Morgan fingerprint density at radius 2 is 1.71 bits per heavy atom. The van der Waals surface area contributed by atoms with Crippen LogP contribution in [0.5, 0.6) is 0 Å². The van der Waals surface area contributed by atoms with E-state index in [9.17, 15) is 13.6 Å². The largest absolute Gasteiger partial charge is 0.480 e. The summed E-state index contributed by atoms with van der Waals surface area (Å²) in [5.41, 5.74) is 0.469. The van der Waals surface area contributed by atoms with Crippen molar-refractivity contribution in [3.8, 4) is 0 Å². The molecule has 0 aliphatic carbocycles. The van der Waals surface area contributed by atoms with E-state index in [2.05, 4.69) is 4.90 Å². The van der Waals surface area contributed by atoms with Crippen LogP contribution in [0.25, 0.3) is 0 Å². The van der Waals surface area contributed by atoms with E-state index in [1.54, 1.807) is 6.92 Å². The van der Waals surface area contributed by atoms with Crippen molar-refractivity contribution in [3.05, 3.63) is 35.4 Å². The molecule has 0 bridgehead atoms. The molecular formula is C15H20F2N2O2. The minimum Gasteiger partial charge on any atom is -0.480 e. The lowest BCUT2D eigenvalue weighted by Crippen LogP contribution is -2.52. The predicted octanol–water partition coefficient (Wildman–Crippen LogP) is 2.12. The third-order valence-corrected chi connectivity index (χ3v) is 4.21. The minimum atomic E-state index is -0.832.